The number of rotatable bonds is 5. The first-order chi connectivity index (χ1) is 23.3. The van der Waals surface area contributed by atoms with Gasteiger partial charge in [-0.15, -0.1) is 0 Å². The molecular weight excluding hydrogens is 576 g/mol. The smallest absolute Gasteiger partial charge is 0.164 e. The number of hydrogen-bond donors (Lipinski definition) is 0. The van der Waals surface area contributed by atoms with Gasteiger partial charge in [-0.2, -0.15) is 0 Å². The van der Waals surface area contributed by atoms with Gasteiger partial charge >= 0.3 is 0 Å². The van der Waals surface area contributed by atoms with Crippen molar-refractivity contribution in [3.63, 3.8) is 0 Å². The van der Waals surface area contributed by atoms with Crippen molar-refractivity contribution in [1.82, 2.24) is 19.9 Å². The van der Waals surface area contributed by atoms with Gasteiger partial charge in [0.2, 0.25) is 0 Å². The highest BCUT2D eigenvalue weighted by Crippen LogP contribution is 2.42. The average molecular weight is 603 g/mol. The molecule has 3 aromatic heterocycles. The second-order valence-electron chi connectivity index (χ2n) is 11.5. The first kappa shape index (κ1) is 26.9. The summed E-state index contributed by atoms with van der Waals surface area (Å²) in [7, 11) is 0. The predicted octanol–water partition coefficient (Wildman–Crippen LogP) is 10.7. The molecule has 0 saturated heterocycles. The molecule has 220 valence electrons. The lowest BCUT2D eigenvalue weighted by Crippen LogP contribution is -2.00. The molecule has 9 rings (SSSR count). The van der Waals surface area contributed by atoms with E-state index in [1.54, 1.807) is 0 Å². The van der Waals surface area contributed by atoms with Gasteiger partial charge in [-0.05, 0) is 41.0 Å². The van der Waals surface area contributed by atoms with Crippen LogP contribution in [-0.2, 0) is 0 Å². The highest BCUT2D eigenvalue weighted by atomic mass is 16.3. The lowest BCUT2D eigenvalue weighted by molar-refractivity contribution is 0.670. The molecule has 0 unspecified atom stereocenters. The Balaban J connectivity index is 1.30. The molecule has 5 nitrogen and oxygen atoms in total. The van der Waals surface area contributed by atoms with Crippen LogP contribution in [0.1, 0.15) is 0 Å². The van der Waals surface area contributed by atoms with E-state index in [1.165, 1.54) is 5.56 Å². The zero-order valence-electron chi connectivity index (χ0n) is 25.2. The summed E-state index contributed by atoms with van der Waals surface area (Å²) in [5.41, 5.74) is 9.56. The van der Waals surface area contributed by atoms with Crippen molar-refractivity contribution >= 4 is 32.8 Å². The maximum atomic E-state index is 6.74. The van der Waals surface area contributed by atoms with E-state index >= 15 is 0 Å². The van der Waals surface area contributed by atoms with Crippen molar-refractivity contribution in [2.45, 2.75) is 0 Å². The minimum Gasteiger partial charge on any atom is -0.455 e. The van der Waals surface area contributed by atoms with Gasteiger partial charge in [-0.3, -0.25) is 4.98 Å². The lowest BCUT2D eigenvalue weighted by atomic mass is 9.96. The van der Waals surface area contributed by atoms with Crippen LogP contribution in [0.5, 0.6) is 0 Å². The molecule has 0 radical (unpaired) electrons. The fraction of sp³-hybridized carbons (Fsp3) is 0. The van der Waals surface area contributed by atoms with Crippen molar-refractivity contribution in [3.8, 4) is 56.4 Å². The Kier molecular flexibility index (Phi) is 6.39. The van der Waals surface area contributed by atoms with Crippen LogP contribution >= 0.6 is 0 Å². The summed E-state index contributed by atoms with van der Waals surface area (Å²) in [4.78, 5) is 19.7. The Labute approximate surface area is 270 Å². The molecule has 0 N–H and O–H groups in total. The predicted molar refractivity (Wildman–Crippen MR) is 190 cm³/mol. The van der Waals surface area contributed by atoms with Crippen molar-refractivity contribution in [2.24, 2.45) is 0 Å². The van der Waals surface area contributed by atoms with Crippen LogP contribution in [0.25, 0.3) is 89.3 Å². The molecule has 0 saturated carbocycles. The number of benzene rings is 6. The normalized spacial score (nSPS) is 11.4. The topological polar surface area (TPSA) is 64.7 Å². The Morgan fingerprint density at radius 1 is 0.426 bits per heavy atom. The van der Waals surface area contributed by atoms with Crippen molar-refractivity contribution in [2.75, 3.05) is 0 Å². The molecule has 0 aliphatic rings. The zero-order valence-corrected chi connectivity index (χ0v) is 25.2. The van der Waals surface area contributed by atoms with Crippen LogP contribution in [-0.4, -0.2) is 19.9 Å². The molecule has 6 aromatic carbocycles. The molecule has 0 bridgehead atoms. The molecule has 0 amide bonds. The van der Waals surface area contributed by atoms with Gasteiger partial charge in [0.15, 0.2) is 17.5 Å². The van der Waals surface area contributed by atoms with E-state index in [-0.39, 0.29) is 0 Å². The van der Waals surface area contributed by atoms with Crippen LogP contribution < -0.4 is 0 Å². The third kappa shape index (κ3) is 4.82. The number of pyridine rings is 1. The average Bonchev–Trinajstić information content (AvgIpc) is 3.53. The molecule has 0 fully saturated rings. The SMILES string of the molecule is c1ccc(-c2ccc(-c3ccc(-c4nc(-c5ccccc5)nc(-c5ccccc5)n4)c4c3oc3cc5ncccc5cc34)cc2)cc1. The fourth-order valence-corrected chi connectivity index (χ4v) is 6.26. The second-order valence-corrected chi connectivity index (χ2v) is 11.5. The molecule has 9 aromatic rings. The van der Waals surface area contributed by atoms with E-state index in [4.69, 9.17) is 19.4 Å². The van der Waals surface area contributed by atoms with Crippen LogP contribution in [0, 0.1) is 0 Å². The third-order valence-electron chi connectivity index (χ3n) is 8.59. The summed E-state index contributed by atoms with van der Waals surface area (Å²) >= 11 is 0. The minimum absolute atomic E-state index is 0.586. The quantitative estimate of drug-likeness (QED) is 0.196. The van der Waals surface area contributed by atoms with Gasteiger partial charge in [-0.1, -0.05) is 121 Å². The summed E-state index contributed by atoms with van der Waals surface area (Å²) in [6.45, 7) is 0. The number of aromatic nitrogens is 4. The van der Waals surface area contributed by atoms with Crippen molar-refractivity contribution in [1.29, 1.82) is 0 Å². The van der Waals surface area contributed by atoms with Crippen LogP contribution in [0.15, 0.2) is 162 Å². The van der Waals surface area contributed by atoms with E-state index in [1.807, 2.05) is 85.1 Å². The second kappa shape index (κ2) is 11.2. The molecule has 5 heteroatoms. The van der Waals surface area contributed by atoms with Gasteiger partial charge < -0.3 is 4.42 Å². The van der Waals surface area contributed by atoms with E-state index in [2.05, 4.69) is 77.8 Å². The van der Waals surface area contributed by atoms with Crippen LogP contribution in [0.2, 0.25) is 0 Å². The first-order valence-electron chi connectivity index (χ1n) is 15.6. The highest BCUT2D eigenvalue weighted by molar-refractivity contribution is 6.18. The monoisotopic (exact) mass is 602 g/mol. The van der Waals surface area contributed by atoms with Crippen molar-refractivity contribution in [3.05, 3.63) is 158 Å². The number of furan rings is 1. The highest BCUT2D eigenvalue weighted by Gasteiger charge is 2.21. The summed E-state index contributed by atoms with van der Waals surface area (Å²) in [6, 6.07) is 51.6. The summed E-state index contributed by atoms with van der Waals surface area (Å²) in [6.07, 6.45) is 1.81. The fourth-order valence-electron chi connectivity index (χ4n) is 6.26. The van der Waals surface area contributed by atoms with Crippen LogP contribution in [0.3, 0.4) is 0 Å². The van der Waals surface area contributed by atoms with Gasteiger partial charge in [-0.25, -0.2) is 15.0 Å². The van der Waals surface area contributed by atoms with E-state index in [9.17, 15) is 0 Å². The Morgan fingerprint density at radius 2 is 0.979 bits per heavy atom. The number of nitrogens with zero attached hydrogens (tertiary/aromatic N) is 4. The summed E-state index contributed by atoms with van der Waals surface area (Å²) in [5, 5.41) is 2.98. The first-order valence-corrected chi connectivity index (χ1v) is 15.6. The Bertz CT molecular complexity index is 2490. The maximum Gasteiger partial charge on any atom is 0.164 e. The van der Waals surface area contributed by atoms with Crippen LogP contribution in [0.4, 0.5) is 0 Å². The molecule has 0 aliphatic heterocycles. The maximum absolute atomic E-state index is 6.74. The number of hydrogen-bond acceptors (Lipinski definition) is 5. The Hall–Kier alpha value is -6.46. The standard InChI is InChI=1S/C42H26N4O/c1-4-11-27(12-5-1)28-18-20-29(21-19-28)33-22-23-34(38-35-25-32-17-10-24-43-36(32)26-37(35)47-39(33)38)42-45-40(30-13-6-2-7-14-30)44-41(46-42)31-15-8-3-9-16-31/h1-26H. The van der Waals surface area contributed by atoms with Crippen molar-refractivity contribution < 1.29 is 4.42 Å². The molecule has 0 spiro atoms. The molecule has 3 heterocycles. The third-order valence-corrected chi connectivity index (χ3v) is 8.59. The largest absolute Gasteiger partial charge is 0.455 e. The van der Waals surface area contributed by atoms with Gasteiger partial charge in [0.25, 0.3) is 0 Å². The number of fused-ring (bicyclic) bond motifs is 4. The van der Waals surface area contributed by atoms with E-state index in [0.29, 0.717) is 17.5 Å². The van der Waals surface area contributed by atoms with E-state index in [0.717, 1.165) is 66.2 Å². The molecule has 0 atom stereocenters. The molecule has 0 aliphatic carbocycles. The molecule has 47 heavy (non-hydrogen) atoms. The van der Waals surface area contributed by atoms with Gasteiger partial charge in [0.05, 0.1) is 5.52 Å². The zero-order chi connectivity index (χ0) is 31.2. The summed E-state index contributed by atoms with van der Waals surface area (Å²) < 4.78 is 6.74. The van der Waals surface area contributed by atoms with Gasteiger partial charge in [0.1, 0.15) is 11.2 Å². The summed E-state index contributed by atoms with van der Waals surface area (Å²) in [5.74, 6) is 1.82. The van der Waals surface area contributed by atoms with E-state index < -0.39 is 0 Å². The Morgan fingerprint density at radius 3 is 1.64 bits per heavy atom. The molecular formula is C42H26N4O. The van der Waals surface area contributed by atoms with Gasteiger partial charge in [0, 0.05) is 50.7 Å². The minimum atomic E-state index is 0.586. The lowest BCUT2D eigenvalue weighted by Gasteiger charge is -2.11.